The van der Waals surface area contributed by atoms with Crippen molar-refractivity contribution < 1.29 is 24.2 Å². The molecule has 7 nitrogen and oxygen atoms in total. The van der Waals surface area contributed by atoms with Crippen LogP contribution in [0.15, 0.2) is 18.2 Å². The lowest BCUT2D eigenvalue weighted by atomic mass is 9.97. The van der Waals surface area contributed by atoms with Crippen LogP contribution in [0.25, 0.3) is 0 Å². The summed E-state index contributed by atoms with van der Waals surface area (Å²) in [6, 6.07) is 4.22. The number of nitrogens with one attached hydrogen (secondary N) is 1. The Morgan fingerprint density at radius 3 is 2.50 bits per heavy atom. The molecule has 0 saturated carbocycles. The summed E-state index contributed by atoms with van der Waals surface area (Å²) in [6.45, 7) is 5.18. The maximum atomic E-state index is 11.9. The number of nitrogens with two attached hydrogens (primary N) is 1. The minimum Gasteiger partial charge on any atom is -0.508 e. The van der Waals surface area contributed by atoms with Crippen molar-refractivity contribution >= 4 is 17.7 Å². The highest BCUT2D eigenvalue weighted by atomic mass is 16.6. The van der Waals surface area contributed by atoms with Crippen molar-refractivity contribution in [1.82, 2.24) is 0 Å². The first-order valence-electron chi connectivity index (χ1n) is 6.78. The minimum absolute atomic E-state index is 0.0286. The number of ether oxygens (including phenoxy) is 2. The first-order valence-corrected chi connectivity index (χ1v) is 6.78. The molecule has 7 heteroatoms. The molecule has 122 valence electrons. The number of rotatable bonds is 4. The molecular weight excluding hydrogens is 288 g/mol. The van der Waals surface area contributed by atoms with Gasteiger partial charge in [0.1, 0.15) is 11.4 Å². The van der Waals surface area contributed by atoms with Gasteiger partial charge >= 0.3 is 12.1 Å². The average Bonchev–Trinajstić information content (AvgIpc) is 2.40. The Hall–Kier alpha value is -2.28. The zero-order chi connectivity index (χ0) is 16.9. The fourth-order valence-electron chi connectivity index (χ4n) is 1.86. The van der Waals surface area contributed by atoms with Gasteiger partial charge in [0.25, 0.3) is 0 Å². The number of carbonyl (C=O) groups excluding carboxylic acids is 2. The van der Waals surface area contributed by atoms with Crippen LogP contribution in [0.1, 0.15) is 32.3 Å². The minimum atomic E-state index is -0.804. The maximum absolute atomic E-state index is 11.9. The number of methoxy groups -OCH3 is 1. The Balaban J connectivity index is 3.10. The van der Waals surface area contributed by atoms with Gasteiger partial charge in [0, 0.05) is 12.2 Å². The summed E-state index contributed by atoms with van der Waals surface area (Å²) in [6.07, 6.45) is -0.667. The summed E-state index contributed by atoms with van der Waals surface area (Å²) in [4.78, 5) is 23.7. The third kappa shape index (κ3) is 4.92. The Morgan fingerprint density at radius 2 is 2.00 bits per heavy atom. The summed E-state index contributed by atoms with van der Waals surface area (Å²) in [5.74, 6) is -1.41. The van der Waals surface area contributed by atoms with Crippen LogP contribution in [0.2, 0.25) is 0 Å². The standard InChI is InChI=1S/C15H22N2O5/c1-15(2,3)22-14(20)17-12-6-5-9(18)7-10(12)11(8-16)13(19)21-4/h5-7,11,18H,8,16H2,1-4H3,(H,17,20). The van der Waals surface area contributed by atoms with Crippen molar-refractivity contribution in [3.05, 3.63) is 23.8 Å². The molecule has 0 aromatic heterocycles. The molecule has 1 atom stereocenters. The SMILES string of the molecule is COC(=O)C(CN)c1cc(O)ccc1NC(=O)OC(C)(C)C. The highest BCUT2D eigenvalue weighted by molar-refractivity contribution is 5.89. The highest BCUT2D eigenvalue weighted by Crippen LogP contribution is 2.29. The maximum Gasteiger partial charge on any atom is 0.412 e. The van der Waals surface area contributed by atoms with Crippen molar-refractivity contribution in [2.75, 3.05) is 19.0 Å². The molecule has 0 aliphatic heterocycles. The molecule has 1 rings (SSSR count). The van der Waals surface area contributed by atoms with Crippen molar-refractivity contribution in [1.29, 1.82) is 0 Å². The van der Waals surface area contributed by atoms with E-state index in [1.54, 1.807) is 20.8 Å². The summed E-state index contributed by atoms with van der Waals surface area (Å²) < 4.78 is 9.86. The number of carbonyl (C=O) groups is 2. The van der Waals surface area contributed by atoms with E-state index in [4.69, 9.17) is 15.2 Å². The number of anilines is 1. The first kappa shape index (κ1) is 17.8. The lowest BCUT2D eigenvalue weighted by molar-refractivity contribution is -0.142. The largest absolute Gasteiger partial charge is 0.508 e. The van der Waals surface area contributed by atoms with E-state index in [9.17, 15) is 14.7 Å². The molecule has 1 aromatic rings. The lowest BCUT2D eigenvalue weighted by Gasteiger charge is -2.22. The van der Waals surface area contributed by atoms with Gasteiger partial charge in [-0.15, -0.1) is 0 Å². The van der Waals surface area contributed by atoms with E-state index in [-0.39, 0.29) is 12.3 Å². The average molecular weight is 310 g/mol. The van der Waals surface area contributed by atoms with Gasteiger partial charge in [-0.3, -0.25) is 10.1 Å². The number of aromatic hydroxyl groups is 1. The van der Waals surface area contributed by atoms with Crippen molar-refractivity contribution in [3.63, 3.8) is 0 Å². The number of benzene rings is 1. The third-order valence-corrected chi connectivity index (χ3v) is 2.77. The van der Waals surface area contributed by atoms with E-state index in [0.717, 1.165) is 0 Å². The number of amides is 1. The molecule has 0 saturated heterocycles. The summed E-state index contributed by atoms with van der Waals surface area (Å²) in [5, 5.41) is 12.2. The second-order valence-corrected chi connectivity index (χ2v) is 5.71. The molecule has 1 amide bonds. The van der Waals surface area contributed by atoms with Crippen LogP contribution in [0.5, 0.6) is 5.75 Å². The van der Waals surface area contributed by atoms with Gasteiger partial charge in [0.2, 0.25) is 0 Å². The zero-order valence-electron chi connectivity index (χ0n) is 13.2. The third-order valence-electron chi connectivity index (χ3n) is 2.77. The summed E-state index contributed by atoms with van der Waals surface area (Å²) >= 11 is 0. The topological polar surface area (TPSA) is 111 Å². The molecular formula is C15H22N2O5. The second-order valence-electron chi connectivity index (χ2n) is 5.71. The second kappa shape index (κ2) is 7.13. The summed E-state index contributed by atoms with van der Waals surface area (Å²) in [7, 11) is 1.24. The molecule has 0 aliphatic rings. The van der Waals surface area contributed by atoms with E-state index >= 15 is 0 Å². The van der Waals surface area contributed by atoms with E-state index < -0.39 is 23.6 Å². The molecule has 1 unspecified atom stereocenters. The first-order chi connectivity index (χ1) is 10.2. The predicted octanol–water partition coefficient (Wildman–Crippen LogP) is 1.95. The van der Waals surface area contributed by atoms with Gasteiger partial charge in [-0.1, -0.05) is 0 Å². The fraction of sp³-hybridized carbons (Fsp3) is 0.467. The van der Waals surface area contributed by atoms with Crippen LogP contribution in [0.4, 0.5) is 10.5 Å². The van der Waals surface area contributed by atoms with Crippen LogP contribution in [0.3, 0.4) is 0 Å². The van der Waals surface area contributed by atoms with Crippen LogP contribution < -0.4 is 11.1 Å². The molecule has 0 aliphatic carbocycles. The lowest BCUT2D eigenvalue weighted by Crippen LogP contribution is -2.29. The number of hydrogen-bond donors (Lipinski definition) is 3. The van der Waals surface area contributed by atoms with Crippen molar-refractivity contribution in [2.24, 2.45) is 5.73 Å². The fourth-order valence-corrected chi connectivity index (χ4v) is 1.86. The number of phenolic OH excluding ortho intramolecular Hbond substituents is 1. The van der Waals surface area contributed by atoms with E-state index in [0.29, 0.717) is 11.3 Å². The quantitative estimate of drug-likeness (QED) is 0.579. The van der Waals surface area contributed by atoms with E-state index in [1.165, 1.54) is 25.3 Å². The molecule has 0 fully saturated rings. The molecule has 4 N–H and O–H groups in total. The Bertz CT molecular complexity index is 551. The molecule has 0 radical (unpaired) electrons. The van der Waals surface area contributed by atoms with Crippen molar-refractivity contribution in [2.45, 2.75) is 32.3 Å². The predicted molar refractivity (Wildman–Crippen MR) is 81.8 cm³/mol. The normalized spacial score (nSPS) is 12.4. The monoisotopic (exact) mass is 310 g/mol. The molecule has 0 spiro atoms. The zero-order valence-corrected chi connectivity index (χ0v) is 13.2. The van der Waals surface area contributed by atoms with Gasteiger partial charge in [0.15, 0.2) is 0 Å². The Morgan fingerprint density at radius 1 is 1.36 bits per heavy atom. The summed E-state index contributed by atoms with van der Waals surface area (Å²) in [5.41, 5.74) is 5.64. The van der Waals surface area contributed by atoms with Gasteiger partial charge in [0.05, 0.1) is 13.0 Å². The van der Waals surface area contributed by atoms with Crippen LogP contribution in [0, 0.1) is 0 Å². The van der Waals surface area contributed by atoms with E-state index in [1.807, 2.05) is 0 Å². The van der Waals surface area contributed by atoms with Crippen molar-refractivity contribution in [3.8, 4) is 5.75 Å². The molecule has 0 heterocycles. The van der Waals surface area contributed by atoms with Crippen LogP contribution >= 0.6 is 0 Å². The van der Waals surface area contributed by atoms with Gasteiger partial charge in [-0.25, -0.2) is 4.79 Å². The van der Waals surface area contributed by atoms with Crippen LogP contribution in [-0.2, 0) is 14.3 Å². The Labute approximate surface area is 129 Å². The number of phenols is 1. The molecule has 22 heavy (non-hydrogen) atoms. The Kier molecular flexibility index (Phi) is 5.76. The van der Waals surface area contributed by atoms with E-state index in [2.05, 4.69) is 5.32 Å². The molecule has 0 bridgehead atoms. The smallest absolute Gasteiger partial charge is 0.412 e. The van der Waals surface area contributed by atoms with Gasteiger partial charge in [-0.05, 0) is 44.5 Å². The number of hydrogen-bond acceptors (Lipinski definition) is 6. The van der Waals surface area contributed by atoms with Gasteiger partial charge < -0.3 is 20.3 Å². The molecule has 1 aromatic carbocycles. The van der Waals surface area contributed by atoms with Gasteiger partial charge in [-0.2, -0.15) is 0 Å². The number of esters is 1. The van der Waals surface area contributed by atoms with Crippen LogP contribution in [-0.4, -0.2) is 36.4 Å². The highest BCUT2D eigenvalue weighted by Gasteiger charge is 2.25.